The summed E-state index contributed by atoms with van der Waals surface area (Å²) in [5.74, 6) is 0.746. The summed E-state index contributed by atoms with van der Waals surface area (Å²) in [4.78, 5) is 2.39. The first-order chi connectivity index (χ1) is 6.68. The van der Waals surface area contributed by atoms with Crippen LogP contribution in [0.4, 0.5) is 0 Å². The molecule has 1 heterocycles. The van der Waals surface area contributed by atoms with Crippen LogP contribution in [0.1, 0.15) is 26.7 Å². The standard InChI is InChI=1S/C11H24N2O/c1-10(2)4-7-14-8-6-13-5-3-11(12)9-13/h10-11H,3-9,12H2,1-2H3. The molecule has 1 aliphatic rings. The molecule has 0 bridgehead atoms. The molecule has 1 aliphatic heterocycles. The number of rotatable bonds is 6. The van der Waals surface area contributed by atoms with Crippen molar-refractivity contribution in [1.82, 2.24) is 4.90 Å². The maximum Gasteiger partial charge on any atom is 0.0593 e. The Balaban J connectivity index is 1.89. The van der Waals surface area contributed by atoms with Crippen molar-refractivity contribution in [2.75, 3.05) is 32.8 Å². The van der Waals surface area contributed by atoms with Gasteiger partial charge in [-0.05, 0) is 25.3 Å². The zero-order valence-corrected chi connectivity index (χ0v) is 9.54. The van der Waals surface area contributed by atoms with E-state index in [1.54, 1.807) is 0 Å². The molecule has 0 aromatic rings. The van der Waals surface area contributed by atoms with Crippen LogP contribution in [0.3, 0.4) is 0 Å². The molecular formula is C11H24N2O. The number of ether oxygens (including phenoxy) is 1. The first-order valence-electron chi connectivity index (χ1n) is 5.74. The van der Waals surface area contributed by atoms with Gasteiger partial charge in [0.05, 0.1) is 6.61 Å². The summed E-state index contributed by atoms with van der Waals surface area (Å²) in [7, 11) is 0. The summed E-state index contributed by atoms with van der Waals surface area (Å²) in [6.07, 6.45) is 2.31. The smallest absolute Gasteiger partial charge is 0.0593 e. The number of hydrogen-bond donors (Lipinski definition) is 1. The number of hydrogen-bond acceptors (Lipinski definition) is 3. The van der Waals surface area contributed by atoms with Gasteiger partial charge in [-0.2, -0.15) is 0 Å². The number of likely N-dealkylation sites (tertiary alicyclic amines) is 1. The molecule has 0 amide bonds. The molecule has 1 rings (SSSR count). The minimum Gasteiger partial charge on any atom is -0.380 e. The summed E-state index contributed by atoms with van der Waals surface area (Å²) >= 11 is 0. The lowest BCUT2D eigenvalue weighted by molar-refractivity contribution is 0.102. The van der Waals surface area contributed by atoms with E-state index in [2.05, 4.69) is 18.7 Å². The van der Waals surface area contributed by atoms with Crippen molar-refractivity contribution in [1.29, 1.82) is 0 Å². The van der Waals surface area contributed by atoms with E-state index in [1.165, 1.54) is 6.42 Å². The Morgan fingerprint density at radius 2 is 2.21 bits per heavy atom. The van der Waals surface area contributed by atoms with Gasteiger partial charge >= 0.3 is 0 Å². The van der Waals surface area contributed by atoms with E-state index in [9.17, 15) is 0 Å². The average molecular weight is 200 g/mol. The lowest BCUT2D eigenvalue weighted by atomic mass is 10.1. The van der Waals surface area contributed by atoms with Crippen LogP contribution in [0.5, 0.6) is 0 Å². The predicted molar refractivity (Wildman–Crippen MR) is 59.3 cm³/mol. The molecule has 14 heavy (non-hydrogen) atoms. The molecule has 0 saturated carbocycles. The van der Waals surface area contributed by atoms with Crippen LogP contribution < -0.4 is 5.73 Å². The molecule has 0 spiro atoms. The zero-order valence-electron chi connectivity index (χ0n) is 9.54. The minimum atomic E-state index is 0.394. The van der Waals surface area contributed by atoms with Crippen molar-refractivity contribution < 1.29 is 4.74 Å². The molecular weight excluding hydrogens is 176 g/mol. The third-order valence-corrected chi connectivity index (χ3v) is 2.70. The fraction of sp³-hybridized carbons (Fsp3) is 1.00. The normalized spacial score (nSPS) is 23.6. The lowest BCUT2D eigenvalue weighted by Gasteiger charge is -2.15. The first-order valence-corrected chi connectivity index (χ1v) is 5.74. The van der Waals surface area contributed by atoms with Crippen LogP contribution in [0, 0.1) is 5.92 Å². The van der Waals surface area contributed by atoms with Crippen LogP contribution in [-0.4, -0.2) is 43.8 Å². The molecule has 0 aromatic heterocycles. The van der Waals surface area contributed by atoms with Crippen molar-refractivity contribution in [3.05, 3.63) is 0 Å². The van der Waals surface area contributed by atoms with Crippen LogP contribution in [0.15, 0.2) is 0 Å². The van der Waals surface area contributed by atoms with Crippen molar-refractivity contribution in [2.24, 2.45) is 11.7 Å². The SMILES string of the molecule is CC(C)CCOCCN1CCC(N)C1. The molecule has 2 N–H and O–H groups in total. The Labute approximate surface area is 87.6 Å². The van der Waals surface area contributed by atoms with Crippen LogP contribution in [0.2, 0.25) is 0 Å². The van der Waals surface area contributed by atoms with E-state index in [0.717, 1.165) is 45.2 Å². The van der Waals surface area contributed by atoms with Crippen LogP contribution in [-0.2, 0) is 4.74 Å². The Morgan fingerprint density at radius 3 is 2.79 bits per heavy atom. The van der Waals surface area contributed by atoms with Gasteiger partial charge in [0.2, 0.25) is 0 Å². The third-order valence-electron chi connectivity index (χ3n) is 2.70. The molecule has 0 aliphatic carbocycles. The molecule has 3 nitrogen and oxygen atoms in total. The van der Waals surface area contributed by atoms with Gasteiger partial charge in [-0.3, -0.25) is 4.90 Å². The van der Waals surface area contributed by atoms with Gasteiger partial charge in [0.15, 0.2) is 0 Å². The highest BCUT2D eigenvalue weighted by atomic mass is 16.5. The monoisotopic (exact) mass is 200 g/mol. The molecule has 1 unspecified atom stereocenters. The predicted octanol–water partition coefficient (Wildman–Crippen LogP) is 1.08. The van der Waals surface area contributed by atoms with Gasteiger partial charge < -0.3 is 10.5 Å². The summed E-state index contributed by atoms with van der Waals surface area (Å²) in [6, 6.07) is 0.394. The van der Waals surface area contributed by atoms with Crippen LogP contribution >= 0.6 is 0 Å². The molecule has 0 radical (unpaired) electrons. The molecule has 3 heteroatoms. The highest BCUT2D eigenvalue weighted by Crippen LogP contribution is 2.06. The Kier molecular flexibility index (Phi) is 5.45. The highest BCUT2D eigenvalue weighted by molar-refractivity contribution is 4.77. The Hall–Kier alpha value is -0.120. The second kappa shape index (κ2) is 6.38. The fourth-order valence-corrected chi connectivity index (χ4v) is 1.68. The first kappa shape index (κ1) is 12.0. The quantitative estimate of drug-likeness (QED) is 0.652. The van der Waals surface area contributed by atoms with Gasteiger partial charge in [0, 0.05) is 25.7 Å². The average Bonchev–Trinajstić information content (AvgIpc) is 2.50. The molecule has 1 atom stereocenters. The fourth-order valence-electron chi connectivity index (χ4n) is 1.68. The molecule has 1 saturated heterocycles. The maximum absolute atomic E-state index is 5.81. The van der Waals surface area contributed by atoms with E-state index in [4.69, 9.17) is 10.5 Å². The summed E-state index contributed by atoms with van der Waals surface area (Å²) < 4.78 is 5.56. The summed E-state index contributed by atoms with van der Waals surface area (Å²) in [5, 5.41) is 0. The van der Waals surface area contributed by atoms with E-state index in [-0.39, 0.29) is 0 Å². The lowest BCUT2D eigenvalue weighted by Crippen LogP contribution is -2.29. The van der Waals surface area contributed by atoms with Crippen molar-refractivity contribution in [3.8, 4) is 0 Å². The van der Waals surface area contributed by atoms with Gasteiger partial charge in [0.25, 0.3) is 0 Å². The number of nitrogens with zero attached hydrogens (tertiary/aromatic N) is 1. The van der Waals surface area contributed by atoms with Gasteiger partial charge in [-0.1, -0.05) is 13.8 Å². The third kappa shape index (κ3) is 4.94. The van der Waals surface area contributed by atoms with E-state index in [1.807, 2.05) is 0 Å². The minimum absolute atomic E-state index is 0.394. The van der Waals surface area contributed by atoms with E-state index in [0.29, 0.717) is 6.04 Å². The Bertz CT molecular complexity index is 150. The highest BCUT2D eigenvalue weighted by Gasteiger charge is 2.17. The molecule has 1 fully saturated rings. The molecule has 0 aromatic carbocycles. The topological polar surface area (TPSA) is 38.5 Å². The second-order valence-corrected chi connectivity index (χ2v) is 4.64. The zero-order chi connectivity index (χ0) is 10.4. The van der Waals surface area contributed by atoms with Gasteiger partial charge in [-0.15, -0.1) is 0 Å². The number of nitrogens with two attached hydrogens (primary N) is 1. The van der Waals surface area contributed by atoms with Crippen LogP contribution in [0.25, 0.3) is 0 Å². The summed E-state index contributed by atoms with van der Waals surface area (Å²) in [5.41, 5.74) is 5.81. The van der Waals surface area contributed by atoms with E-state index < -0.39 is 0 Å². The largest absolute Gasteiger partial charge is 0.380 e. The second-order valence-electron chi connectivity index (χ2n) is 4.64. The van der Waals surface area contributed by atoms with Crippen molar-refractivity contribution >= 4 is 0 Å². The van der Waals surface area contributed by atoms with Gasteiger partial charge in [0.1, 0.15) is 0 Å². The maximum atomic E-state index is 5.81. The van der Waals surface area contributed by atoms with Gasteiger partial charge in [-0.25, -0.2) is 0 Å². The van der Waals surface area contributed by atoms with Crippen molar-refractivity contribution in [3.63, 3.8) is 0 Å². The van der Waals surface area contributed by atoms with Crippen molar-refractivity contribution in [2.45, 2.75) is 32.7 Å². The Morgan fingerprint density at radius 1 is 1.43 bits per heavy atom. The van der Waals surface area contributed by atoms with E-state index >= 15 is 0 Å². The molecule has 84 valence electrons. The summed E-state index contributed by atoms with van der Waals surface area (Å²) in [6.45, 7) is 9.46.